The second-order valence-corrected chi connectivity index (χ2v) is 19.5. The minimum atomic E-state index is -0.782. The Labute approximate surface area is 416 Å². The molecule has 0 rings (SSSR count). The van der Waals surface area contributed by atoms with Gasteiger partial charge in [0.15, 0.2) is 6.10 Å². The quantitative estimate of drug-likeness (QED) is 0.0262. The summed E-state index contributed by atoms with van der Waals surface area (Å²) in [5, 5.41) is 0. The molecule has 0 aromatic carbocycles. The van der Waals surface area contributed by atoms with E-state index < -0.39 is 6.10 Å². The Morgan fingerprint density at radius 1 is 0.299 bits per heavy atom. The zero-order valence-electron chi connectivity index (χ0n) is 44.7. The van der Waals surface area contributed by atoms with Crippen molar-refractivity contribution in [1.29, 1.82) is 0 Å². The second-order valence-electron chi connectivity index (χ2n) is 19.5. The smallest absolute Gasteiger partial charge is 0.306 e. The van der Waals surface area contributed by atoms with E-state index in [-0.39, 0.29) is 31.1 Å². The molecule has 0 aromatic heterocycles. The molecule has 0 aromatic rings. The van der Waals surface area contributed by atoms with Gasteiger partial charge in [0, 0.05) is 19.3 Å². The van der Waals surface area contributed by atoms with Crippen LogP contribution in [0.4, 0.5) is 0 Å². The third kappa shape index (κ3) is 54.2. The molecule has 0 amide bonds. The third-order valence-electron chi connectivity index (χ3n) is 12.8. The summed E-state index contributed by atoms with van der Waals surface area (Å²) in [7, 11) is 0. The molecule has 0 radical (unpaired) electrons. The van der Waals surface area contributed by atoms with Crippen LogP contribution < -0.4 is 0 Å². The van der Waals surface area contributed by atoms with Crippen LogP contribution in [0, 0.1) is 0 Å². The van der Waals surface area contributed by atoms with E-state index in [1.54, 1.807) is 0 Å². The van der Waals surface area contributed by atoms with Crippen molar-refractivity contribution in [1.82, 2.24) is 0 Å². The van der Waals surface area contributed by atoms with Crippen LogP contribution in [0.25, 0.3) is 0 Å². The lowest BCUT2D eigenvalue weighted by molar-refractivity contribution is -0.167. The normalized spacial score (nSPS) is 12.3. The van der Waals surface area contributed by atoms with Gasteiger partial charge in [-0.05, 0) is 103 Å². The van der Waals surface area contributed by atoms with Gasteiger partial charge in [-0.25, -0.2) is 0 Å². The minimum Gasteiger partial charge on any atom is -0.462 e. The number of unbranched alkanes of at least 4 members (excludes halogenated alkanes) is 34. The van der Waals surface area contributed by atoms with Gasteiger partial charge in [0.25, 0.3) is 0 Å². The molecule has 0 spiro atoms. The first kappa shape index (κ1) is 64.4. The van der Waals surface area contributed by atoms with E-state index in [0.717, 1.165) is 77.0 Å². The van der Waals surface area contributed by atoms with Crippen LogP contribution in [-0.4, -0.2) is 37.2 Å². The van der Waals surface area contributed by atoms with Gasteiger partial charge in [-0.1, -0.05) is 230 Å². The predicted octanol–water partition coefficient (Wildman–Crippen LogP) is 19.4. The summed E-state index contributed by atoms with van der Waals surface area (Å²) in [5.74, 6) is -0.889. The van der Waals surface area contributed by atoms with E-state index in [1.165, 1.54) is 186 Å². The van der Waals surface area contributed by atoms with Crippen LogP contribution >= 0.6 is 0 Å². The lowest BCUT2D eigenvalue weighted by Gasteiger charge is -2.18. The first-order valence-electron chi connectivity index (χ1n) is 29.1. The zero-order valence-corrected chi connectivity index (χ0v) is 44.7. The Hall–Kier alpha value is -2.63. The summed E-state index contributed by atoms with van der Waals surface area (Å²) in [5.41, 5.74) is 0. The topological polar surface area (TPSA) is 78.9 Å². The Morgan fingerprint density at radius 3 is 0.866 bits per heavy atom. The predicted molar refractivity (Wildman–Crippen MR) is 289 cm³/mol. The maximum absolute atomic E-state index is 12.9. The van der Waals surface area contributed by atoms with Crippen molar-refractivity contribution in [2.45, 2.75) is 309 Å². The molecule has 6 nitrogen and oxygen atoms in total. The number of carbonyl (C=O) groups excluding carboxylic acids is 3. The lowest BCUT2D eigenvalue weighted by Crippen LogP contribution is -2.30. The Morgan fingerprint density at radius 2 is 0.537 bits per heavy atom. The van der Waals surface area contributed by atoms with Gasteiger partial charge < -0.3 is 14.2 Å². The fourth-order valence-corrected chi connectivity index (χ4v) is 8.35. The summed E-state index contributed by atoms with van der Waals surface area (Å²) < 4.78 is 16.9. The van der Waals surface area contributed by atoms with Crippen LogP contribution in [0.15, 0.2) is 48.6 Å². The summed E-state index contributed by atoms with van der Waals surface area (Å²) in [4.78, 5) is 38.2. The number of hydrogen-bond acceptors (Lipinski definition) is 6. The summed E-state index contributed by atoms with van der Waals surface area (Å²) >= 11 is 0. The Kier molecular flexibility index (Phi) is 53.8. The molecule has 0 unspecified atom stereocenters. The van der Waals surface area contributed by atoms with Crippen molar-refractivity contribution >= 4 is 17.9 Å². The van der Waals surface area contributed by atoms with E-state index in [4.69, 9.17) is 14.2 Å². The standard InChI is InChI=1S/C61H110O6/c1-4-7-10-13-16-19-22-25-28-30-33-36-39-42-45-48-51-54-60(63)66-57-58(56-65-59(62)53-50-47-44-41-38-35-32-27-24-21-18-15-12-9-6-3)67-61(64)55-52-49-46-43-40-37-34-31-29-26-23-20-17-14-11-8-5-2/h18,21,25-29,32,58H,4-17,19-20,22-24,30-31,33-57H2,1-3H3/b21-18+,28-25+,29-26+,32-27+/t58-/m1/s1. The van der Waals surface area contributed by atoms with Crippen molar-refractivity contribution in [2.75, 3.05) is 13.2 Å². The van der Waals surface area contributed by atoms with Gasteiger partial charge in [-0.2, -0.15) is 0 Å². The number of esters is 3. The first-order valence-corrected chi connectivity index (χ1v) is 29.1. The van der Waals surface area contributed by atoms with E-state index >= 15 is 0 Å². The molecule has 0 bridgehead atoms. The molecule has 67 heavy (non-hydrogen) atoms. The van der Waals surface area contributed by atoms with E-state index in [0.29, 0.717) is 19.3 Å². The van der Waals surface area contributed by atoms with E-state index in [2.05, 4.69) is 69.4 Å². The first-order chi connectivity index (χ1) is 33.0. The molecule has 0 N–H and O–H groups in total. The molecule has 0 fully saturated rings. The maximum Gasteiger partial charge on any atom is 0.306 e. The van der Waals surface area contributed by atoms with Crippen LogP contribution in [0.5, 0.6) is 0 Å². The SMILES string of the molecule is CCCCC/C=C/C/C=C/CCCCCCCC(=O)OC[C@H](COC(=O)CCCCCCCCC/C=C/CCCCCCCC)OC(=O)CCCCCCCCC/C=C/CCCCCCCC. The van der Waals surface area contributed by atoms with Crippen molar-refractivity contribution < 1.29 is 28.6 Å². The van der Waals surface area contributed by atoms with Gasteiger partial charge in [-0.3, -0.25) is 14.4 Å². The van der Waals surface area contributed by atoms with Gasteiger partial charge in [-0.15, -0.1) is 0 Å². The monoisotopic (exact) mass is 939 g/mol. The molecule has 0 saturated carbocycles. The van der Waals surface area contributed by atoms with E-state index in [9.17, 15) is 14.4 Å². The highest BCUT2D eigenvalue weighted by atomic mass is 16.6. The highest BCUT2D eigenvalue weighted by Gasteiger charge is 2.19. The molecule has 0 aliphatic carbocycles. The molecule has 0 heterocycles. The number of allylic oxidation sites excluding steroid dienone is 8. The zero-order chi connectivity index (χ0) is 48.6. The average Bonchev–Trinajstić information content (AvgIpc) is 3.33. The average molecular weight is 940 g/mol. The van der Waals surface area contributed by atoms with Crippen molar-refractivity contribution in [3.05, 3.63) is 48.6 Å². The maximum atomic E-state index is 12.9. The lowest BCUT2D eigenvalue weighted by atomic mass is 10.1. The number of ether oxygens (including phenoxy) is 3. The molecule has 0 saturated heterocycles. The molecular weight excluding hydrogens is 829 g/mol. The van der Waals surface area contributed by atoms with Crippen molar-refractivity contribution in [3.8, 4) is 0 Å². The number of carbonyl (C=O) groups is 3. The van der Waals surface area contributed by atoms with E-state index in [1.807, 2.05) is 0 Å². The second kappa shape index (κ2) is 56.0. The van der Waals surface area contributed by atoms with Crippen LogP contribution in [-0.2, 0) is 28.6 Å². The highest BCUT2D eigenvalue weighted by molar-refractivity contribution is 5.71. The van der Waals surface area contributed by atoms with Gasteiger partial charge in [0.05, 0.1) is 0 Å². The highest BCUT2D eigenvalue weighted by Crippen LogP contribution is 2.15. The Balaban J connectivity index is 4.39. The molecular formula is C61H110O6. The fourth-order valence-electron chi connectivity index (χ4n) is 8.35. The fraction of sp³-hybridized carbons (Fsp3) is 0.820. The summed E-state index contributed by atoms with van der Waals surface area (Å²) in [6.45, 7) is 6.62. The Bertz CT molecular complexity index is 1170. The largest absolute Gasteiger partial charge is 0.462 e. The number of rotatable bonds is 53. The van der Waals surface area contributed by atoms with Crippen LogP contribution in [0.1, 0.15) is 303 Å². The molecule has 0 aliphatic heterocycles. The van der Waals surface area contributed by atoms with Crippen LogP contribution in [0.3, 0.4) is 0 Å². The summed E-state index contributed by atoms with van der Waals surface area (Å²) in [6.07, 6.45) is 68.1. The molecule has 390 valence electrons. The number of hydrogen-bond donors (Lipinski definition) is 0. The minimum absolute atomic E-state index is 0.0802. The van der Waals surface area contributed by atoms with Crippen LogP contribution in [0.2, 0.25) is 0 Å². The molecule has 0 aliphatic rings. The van der Waals surface area contributed by atoms with Crippen molar-refractivity contribution in [3.63, 3.8) is 0 Å². The molecule has 1 atom stereocenters. The van der Waals surface area contributed by atoms with Gasteiger partial charge >= 0.3 is 17.9 Å². The van der Waals surface area contributed by atoms with Crippen molar-refractivity contribution in [2.24, 2.45) is 0 Å². The van der Waals surface area contributed by atoms with Gasteiger partial charge in [0.2, 0.25) is 0 Å². The summed E-state index contributed by atoms with van der Waals surface area (Å²) in [6, 6.07) is 0. The third-order valence-corrected chi connectivity index (χ3v) is 12.8. The van der Waals surface area contributed by atoms with Gasteiger partial charge in [0.1, 0.15) is 13.2 Å². The molecule has 6 heteroatoms.